The number of rotatable bonds is 4. The van der Waals surface area contributed by atoms with Crippen molar-refractivity contribution >= 4 is 5.91 Å². The molecule has 2 aliphatic rings. The molecule has 1 unspecified atom stereocenters. The number of amides is 1. The molecule has 0 aromatic carbocycles. The van der Waals surface area contributed by atoms with Gasteiger partial charge in [0.15, 0.2) is 0 Å². The molecule has 0 aromatic rings. The quantitative estimate of drug-likeness (QED) is 0.833. The Morgan fingerprint density at radius 2 is 2.00 bits per heavy atom. The van der Waals surface area contributed by atoms with E-state index in [1.807, 2.05) is 0 Å². The zero-order valence-corrected chi connectivity index (χ0v) is 12.0. The molecule has 2 heterocycles. The summed E-state index contributed by atoms with van der Waals surface area (Å²) in [6.45, 7) is 7.71. The lowest BCUT2D eigenvalue weighted by Gasteiger charge is -2.34. The Kier molecular flexibility index (Phi) is 5.04. The van der Waals surface area contributed by atoms with E-state index in [1.54, 1.807) is 0 Å². The summed E-state index contributed by atoms with van der Waals surface area (Å²) in [4.78, 5) is 14.2. The van der Waals surface area contributed by atoms with E-state index in [0.29, 0.717) is 11.9 Å². The van der Waals surface area contributed by atoms with Crippen molar-refractivity contribution in [3.8, 4) is 0 Å². The minimum Gasteiger partial charge on any atom is -0.343 e. The Labute approximate surface area is 111 Å². The lowest BCUT2D eigenvalue weighted by atomic mass is 9.86. The van der Waals surface area contributed by atoms with Crippen LogP contribution in [-0.4, -0.2) is 36.5 Å². The first-order chi connectivity index (χ1) is 8.66. The number of hydrogen-bond donors (Lipinski definition) is 1. The molecule has 104 valence electrons. The highest BCUT2D eigenvalue weighted by Crippen LogP contribution is 2.25. The van der Waals surface area contributed by atoms with Crippen LogP contribution in [0, 0.1) is 11.8 Å². The number of carbonyl (C=O) groups excluding carboxylic acids is 1. The summed E-state index contributed by atoms with van der Waals surface area (Å²) in [7, 11) is 0. The number of likely N-dealkylation sites (tertiary alicyclic amines) is 1. The lowest BCUT2D eigenvalue weighted by Crippen LogP contribution is -2.40. The molecule has 1 N–H and O–H groups in total. The summed E-state index contributed by atoms with van der Waals surface area (Å²) >= 11 is 0. The first-order valence-electron chi connectivity index (χ1n) is 7.68. The third-order valence-corrected chi connectivity index (χ3v) is 4.70. The van der Waals surface area contributed by atoms with Gasteiger partial charge in [-0.15, -0.1) is 0 Å². The fraction of sp³-hybridized carbons (Fsp3) is 0.933. The molecule has 1 atom stereocenters. The predicted octanol–water partition coefficient (Wildman–Crippen LogP) is 2.41. The molecule has 0 bridgehead atoms. The van der Waals surface area contributed by atoms with Crippen LogP contribution < -0.4 is 5.32 Å². The van der Waals surface area contributed by atoms with Gasteiger partial charge in [0, 0.05) is 25.6 Å². The highest BCUT2D eigenvalue weighted by atomic mass is 16.2. The van der Waals surface area contributed by atoms with Crippen molar-refractivity contribution < 1.29 is 4.79 Å². The molecule has 1 amide bonds. The Hall–Kier alpha value is -0.570. The molecule has 2 rings (SSSR count). The van der Waals surface area contributed by atoms with Gasteiger partial charge < -0.3 is 10.2 Å². The topological polar surface area (TPSA) is 32.3 Å². The Balaban J connectivity index is 1.67. The zero-order valence-electron chi connectivity index (χ0n) is 12.0. The second-order valence-corrected chi connectivity index (χ2v) is 6.29. The Bertz CT molecular complexity index is 264. The van der Waals surface area contributed by atoms with Crippen LogP contribution in [0.2, 0.25) is 0 Å². The van der Waals surface area contributed by atoms with Gasteiger partial charge in [-0.25, -0.2) is 0 Å². The summed E-state index contributed by atoms with van der Waals surface area (Å²) < 4.78 is 0. The van der Waals surface area contributed by atoms with Crippen LogP contribution in [0.25, 0.3) is 0 Å². The predicted molar refractivity (Wildman–Crippen MR) is 74.4 cm³/mol. The van der Waals surface area contributed by atoms with Crippen LogP contribution in [0.5, 0.6) is 0 Å². The molecule has 2 aliphatic heterocycles. The molecule has 3 nitrogen and oxygen atoms in total. The van der Waals surface area contributed by atoms with Crippen LogP contribution in [-0.2, 0) is 4.79 Å². The smallest absolute Gasteiger partial charge is 0.222 e. The van der Waals surface area contributed by atoms with E-state index >= 15 is 0 Å². The minimum atomic E-state index is 0.380. The molecule has 3 heteroatoms. The van der Waals surface area contributed by atoms with Gasteiger partial charge in [0.1, 0.15) is 0 Å². The Morgan fingerprint density at radius 1 is 1.28 bits per heavy atom. The van der Waals surface area contributed by atoms with E-state index in [2.05, 4.69) is 24.1 Å². The Morgan fingerprint density at radius 3 is 2.56 bits per heavy atom. The van der Waals surface area contributed by atoms with Gasteiger partial charge in [-0.3, -0.25) is 4.79 Å². The van der Waals surface area contributed by atoms with Crippen molar-refractivity contribution in [2.24, 2.45) is 11.8 Å². The SMILES string of the molecule is CC(C)C1CCN(C(=O)CCC2CCCN2)CC1. The second kappa shape index (κ2) is 6.55. The maximum atomic E-state index is 12.1. The molecule has 0 radical (unpaired) electrons. The van der Waals surface area contributed by atoms with Gasteiger partial charge in [0.05, 0.1) is 0 Å². The van der Waals surface area contributed by atoms with Gasteiger partial charge in [-0.2, -0.15) is 0 Å². The van der Waals surface area contributed by atoms with Crippen molar-refractivity contribution in [2.75, 3.05) is 19.6 Å². The number of piperidine rings is 1. The van der Waals surface area contributed by atoms with Crippen molar-refractivity contribution in [3.63, 3.8) is 0 Å². The lowest BCUT2D eigenvalue weighted by molar-refractivity contribution is -0.133. The fourth-order valence-electron chi connectivity index (χ4n) is 3.27. The van der Waals surface area contributed by atoms with Crippen LogP contribution in [0.1, 0.15) is 52.4 Å². The highest BCUT2D eigenvalue weighted by Gasteiger charge is 2.25. The van der Waals surface area contributed by atoms with Gasteiger partial charge in [-0.05, 0) is 50.5 Å². The van der Waals surface area contributed by atoms with E-state index in [9.17, 15) is 4.79 Å². The van der Waals surface area contributed by atoms with Gasteiger partial charge >= 0.3 is 0 Å². The summed E-state index contributed by atoms with van der Waals surface area (Å²) in [5.74, 6) is 1.97. The van der Waals surface area contributed by atoms with E-state index in [-0.39, 0.29) is 0 Å². The largest absolute Gasteiger partial charge is 0.343 e. The van der Waals surface area contributed by atoms with Crippen molar-refractivity contribution in [3.05, 3.63) is 0 Å². The molecule has 2 saturated heterocycles. The number of nitrogens with zero attached hydrogens (tertiary/aromatic N) is 1. The van der Waals surface area contributed by atoms with E-state index in [4.69, 9.17) is 0 Å². The van der Waals surface area contributed by atoms with E-state index in [0.717, 1.165) is 44.3 Å². The highest BCUT2D eigenvalue weighted by molar-refractivity contribution is 5.76. The van der Waals surface area contributed by atoms with Gasteiger partial charge in [0.2, 0.25) is 5.91 Å². The van der Waals surface area contributed by atoms with E-state index in [1.165, 1.54) is 25.7 Å². The van der Waals surface area contributed by atoms with Crippen molar-refractivity contribution in [1.82, 2.24) is 10.2 Å². The van der Waals surface area contributed by atoms with Crippen molar-refractivity contribution in [1.29, 1.82) is 0 Å². The van der Waals surface area contributed by atoms with E-state index < -0.39 is 0 Å². The van der Waals surface area contributed by atoms with Crippen LogP contribution in [0.15, 0.2) is 0 Å². The zero-order chi connectivity index (χ0) is 13.0. The molecular weight excluding hydrogens is 224 g/mol. The molecule has 0 aromatic heterocycles. The molecule has 0 aliphatic carbocycles. The number of carbonyl (C=O) groups is 1. The third kappa shape index (κ3) is 3.71. The molecular formula is C15H28N2O. The molecule has 18 heavy (non-hydrogen) atoms. The maximum absolute atomic E-state index is 12.1. The molecule has 0 spiro atoms. The first-order valence-corrected chi connectivity index (χ1v) is 7.68. The number of hydrogen-bond acceptors (Lipinski definition) is 2. The normalized spacial score (nSPS) is 25.9. The average molecular weight is 252 g/mol. The first kappa shape index (κ1) is 13.9. The standard InChI is InChI=1S/C15H28N2O/c1-12(2)13-7-10-17(11-8-13)15(18)6-5-14-4-3-9-16-14/h12-14,16H,3-11H2,1-2H3. The maximum Gasteiger partial charge on any atom is 0.222 e. The van der Waals surface area contributed by atoms with Crippen molar-refractivity contribution in [2.45, 2.75) is 58.4 Å². The summed E-state index contributed by atoms with van der Waals surface area (Å²) in [5, 5.41) is 3.47. The molecule has 0 saturated carbocycles. The average Bonchev–Trinajstić information content (AvgIpc) is 2.89. The summed E-state index contributed by atoms with van der Waals surface area (Å²) in [5.41, 5.74) is 0. The van der Waals surface area contributed by atoms with Crippen LogP contribution in [0.3, 0.4) is 0 Å². The summed E-state index contributed by atoms with van der Waals surface area (Å²) in [6.07, 6.45) is 6.70. The minimum absolute atomic E-state index is 0.380. The summed E-state index contributed by atoms with van der Waals surface area (Å²) in [6, 6.07) is 0.599. The van der Waals surface area contributed by atoms with Crippen LogP contribution >= 0.6 is 0 Å². The monoisotopic (exact) mass is 252 g/mol. The fourth-order valence-corrected chi connectivity index (χ4v) is 3.27. The van der Waals surface area contributed by atoms with Gasteiger partial charge in [-0.1, -0.05) is 13.8 Å². The van der Waals surface area contributed by atoms with Gasteiger partial charge in [0.25, 0.3) is 0 Å². The van der Waals surface area contributed by atoms with Crippen LogP contribution in [0.4, 0.5) is 0 Å². The second-order valence-electron chi connectivity index (χ2n) is 6.29. The third-order valence-electron chi connectivity index (χ3n) is 4.70. The number of nitrogens with one attached hydrogen (secondary N) is 1. The molecule has 2 fully saturated rings.